The van der Waals surface area contributed by atoms with Gasteiger partial charge in [0.15, 0.2) is 0 Å². The van der Waals surface area contributed by atoms with E-state index in [0.29, 0.717) is 13.2 Å². The van der Waals surface area contributed by atoms with Crippen molar-refractivity contribution >= 4 is 23.4 Å². The number of thioether (sulfide) groups is 1. The molecule has 0 amide bonds. The highest BCUT2D eigenvalue weighted by atomic mass is 35.5. The minimum Gasteiger partial charge on any atom is -0.496 e. The van der Waals surface area contributed by atoms with Crippen molar-refractivity contribution in [2.75, 3.05) is 32.7 Å². The van der Waals surface area contributed by atoms with Crippen LogP contribution < -0.4 is 4.74 Å². The largest absolute Gasteiger partial charge is 0.496 e. The molecule has 1 N–H and O–H groups in total. The minimum absolute atomic E-state index is 0.0452. The van der Waals surface area contributed by atoms with Crippen LogP contribution in [0.1, 0.15) is 5.56 Å². The topological polar surface area (TPSA) is 38.7 Å². The Labute approximate surface area is 116 Å². The fourth-order valence-electron chi connectivity index (χ4n) is 1.85. The highest BCUT2D eigenvalue weighted by Gasteiger charge is 2.37. The van der Waals surface area contributed by atoms with Crippen molar-refractivity contribution in [1.29, 1.82) is 0 Å². The molecule has 1 saturated heterocycles. The Kier molecular flexibility index (Phi) is 4.78. The molecule has 3 nitrogen and oxygen atoms in total. The summed E-state index contributed by atoms with van der Waals surface area (Å²) in [5.74, 6) is 2.57. The summed E-state index contributed by atoms with van der Waals surface area (Å²) < 4.78 is 10.5. The molecule has 0 saturated carbocycles. The molecule has 1 fully saturated rings. The first-order valence-corrected chi connectivity index (χ1v) is 7.31. The molecule has 0 spiro atoms. The first-order chi connectivity index (χ1) is 8.69. The number of hydrogen-bond acceptors (Lipinski definition) is 4. The van der Waals surface area contributed by atoms with Crippen LogP contribution >= 0.6 is 23.4 Å². The van der Waals surface area contributed by atoms with Crippen molar-refractivity contribution in [2.45, 2.75) is 5.75 Å². The van der Waals surface area contributed by atoms with Crippen molar-refractivity contribution in [3.8, 4) is 5.75 Å². The van der Waals surface area contributed by atoms with Crippen LogP contribution in [0.15, 0.2) is 18.2 Å². The van der Waals surface area contributed by atoms with Crippen LogP contribution in [-0.4, -0.2) is 37.8 Å². The SMILES string of the molecule is COc1ccc(Cl)cc1CSCC1(CO)COC1. The van der Waals surface area contributed by atoms with Gasteiger partial charge in [-0.2, -0.15) is 11.8 Å². The fourth-order valence-corrected chi connectivity index (χ4v) is 3.28. The molecule has 0 atom stereocenters. The van der Waals surface area contributed by atoms with E-state index in [0.717, 1.165) is 27.8 Å². The fraction of sp³-hybridized carbons (Fsp3) is 0.538. The normalized spacial score (nSPS) is 17.3. The summed E-state index contributed by atoms with van der Waals surface area (Å²) in [6.45, 7) is 1.50. The third-order valence-corrected chi connectivity index (χ3v) is 4.63. The first-order valence-electron chi connectivity index (χ1n) is 5.78. The molecule has 0 radical (unpaired) electrons. The number of aliphatic hydroxyl groups is 1. The van der Waals surface area contributed by atoms with Crippen LogP contribution in [-0.2, 0) is 10.5 Å². The smallest absolute Gasteiger partial charge is 0.122 e. The van der Waals surface area contributed by atoms with Gasteiger partial charge in [-0.15, -0.1) is 0 Å². The Hall–Kier alpha value is -0.420. The maximum absolute atomic E-state index is 9.34. The summed E-state index contributed by atoms with van der Waals surface area (Å²) in [5, 5.41) is 10.1. The molecule has 18 heavy (non-hydrogen) atoms. The van der Waals surface area contributed by atoms with E-state index in [9.17, 15) is 5.11 Å². The van der Waals surface area contributed by atoms with Crippen LogP contribution in [0.3, 0.4) is 0 Å². The van der Waals surface area contributed by atoms with Crippen LogP contribution in [0.5, 0.6) is 5.75 Å². The zero-order valence-electron chi connectivity index (χ0n) is 10.3. The van der Waals surface area contributed by atoms with E-state index in [4.69, 9.17) is 21.1 Å². The van der Waals surface area contributed by atoms with Crippen molar-refractivity contribution in [1.82, 2.24) is 0 Å². The third-order valence-electron chi connectivity index (χ3n) is 3.06. The van der Waals surface area contributed by atoms with Gasteiger partial charge in [-0.05, 0) is 18.2 Å². The zero-order valence-corrected chi connectivity index (χ0v) is 11.9. The standard InChI is InChI=1S/C13H17ClO3S/c1-16-12-3-2-11(14)4-10(12)5-18-9-13(6-15)7-17-8-13/h2-4,15H,5-9H2,1H3. The van der Waals surface area contributed by atoms with Gasteiger partial charge in [0.1, 0.15) is 5.75 Å². The number of rotatable bonds is 6. The molecule has 1 aliphatic heterocycles. The molecule has 2 rings (SSSR count). The van der Waals surface area contributed by atoms with E-state index in [1.165, 1.54) is 0 Å². The number of aliphatic hydroxyl groups excluding tert-OH is 1. The predicted octanol–water partition coefficient (Wildman–Crippen LogP) is 2.59. The van der Waals surface area contributed by atoms with E-state index in [1.807, 2.05) is 18.2 Å². The minimum atomic E-state index is -0.0452. The summed E-state index contributed by atoms with van der Waals surface area (Å²) in [5.41, 5.74) is 1.04. The lowest BCUT2D eigenvalue weighted by molar-refractivity contribution is -0.121. The van der Waals surface area contributed by atoms with E-state index >= 15 is 0 Å². The summed E-state index contributed by atoms with van der Waals surface area (Å²) >= 11 is 7.76. The Balaban J connectivity index is 1.91. The number of hydrogen-bond donors (Lipinski definition) is 1. The summed E-state index contributed by atoms with van der Waals surface area (Å²) in [6.07, 6.45) is 0. The summed E-state index contributed by atoms with van der Waals surface area (Å²) in [6, 6.07) is 5.63. The number of benzene rings is 1. The average Bonchev–Trinajstić information content (AvgIpc) is 2.33. The molecule has 0 bridgehead atoms. The monoisotopic (exact) mass is 288 g/mol. The van der Waals surface area contributed by atoms with Gasteiger partial charge in [0, 0.05) is 27.5 Å². The second-order valence-electron chi connectivity index (χ2n) is 4.60. The lowest BCUT2D eigenvalue weighted by Crippen LogP contribution is -2.47. The molecule has 1 heterocycles. The molecular formula is C13H17ClO3S. The number of halogens is 1. The summed E-state index contributed by atoms with van der Waals surface area (Å²) in [4.78, 5) is 0. The average molecular weight is 289 g/mol. The van der Waals surface area contributed by atoms with Crippen LogP contribution in [0.4, 0.5) is 0 Å². The molecule has 1 aromatic carbocycles. The van der Waals surface area contributed by atoms with Crippen LogP contribution in [0.25, 0.3) is 0 Å². The Morgan fingerprint density at radius 3 is 2.83 bits per heavy atom. The lowest BCUT2D eigenvalue weighted by Gasteiger charge is -2.39. The molecule has 5 heteroatoms. The maximum atomic E-state index is 9.34. The molecule has 0 aromatic heterocycles. The molecule has 100 valence electrons. The van der Waals surface area contributed by atoms with Crippen molar-refractivity contribution in [3.05, 3.63) is 28.8 Å². The van der Waals surface area contributed by atoms with Crippen molar-refractivity contribution in [2.24, 2.45) is 5.41 Å². The van der Waals surface area contributed by atoms with Gasteiger partial charge in [0.25, 0.3) is 0 Å². The highest BCUT2D eigenvalue weighted by molar-refractivity contribution is 7.98. The predicted molar refractivity (Wildman–Crippen MR) is 74.5 cm³/mol. The number of ether oxygens (including phenoxy) is 2. The third kappa shape index (κ3) is 3.12. The van der Waals surface area contributed by atoms with Gasteiger partial charge >= 0.3 is 0 Å². The van der Waals surface area contributed by atoms with Gasteiger partial charge in [0.05, 0.1) is 26.9 Å². The van der Waals surface area contributed by atoms with Crippen molar-refractivity contribution in [3.63, 3.8) is 0 Å². The summed E-state index contributed by atoms with van der Waals surface area (Å²) in [7, 11) is 1.66. The second kappa shape index (κ2) is 6.15. The Morgan fingerprint density at radius 2 is 2.28 bits per heavy atom. The van der Waals surface area contributed by atoms with Gasteiger partial charge in [-0.25, -0.2) is 0 Å². The van der Waals surface area contributed by atoms with E-state index < -0.39 is 0 Å². The zero-order chi connectivity index (χ0) is 13.0. The Bertz CT molecular complexity index is 402. The van der Waals surface area contributed by atoms with Crippen LogP contribution in [0.2, 0.25) is 5.02 Å². The lowest BCUT2D eigenvalue weighted by atomic mass is 9.90. The first kappa shape index (κ1) is 14.0. The molecule has 1 aromatic rings. The molecule has 0 aliphatic carbocycles. The van der Waals surface area contributed by atoms with Gasteiger partial charge in [-0.1, -0.05) is 11.6 Å². The number of methoxy groups -OCH3 is 1. The van der Waals surface area contributed by atoms with Gasteiger partial charge < -0.3 is 14.6 Å². The maximum Gasteiger partial charge on any atom is 0.122 e. The van der Waals surface area contributed by atoms with E-state index in [2.05, 4.69) is 0 Å². The Morgan fingerprint density at radius 1 is 1.50 bits per heavy atom. The second-order valence-corrected chi connectivity index (χ2v) is 6.02. The van der Waals surface area contributed by atoms with Gasteiger partial charge in [0.2, 0.25) is 0 Å². The quantitative estimate of drug-likeness (QED) is 0.873. The van der Waals surface area contributed by atoms with Crippen molar-refractivity contribution < 1.29 is 14.6 Å². The molecule has 0 unspecified atom stereocenters. The van der Waals surface area contributed by atoms with Gasteiger partial charge in [-0.3, -0.25) is 0 Å². The highest BCUT2D eigenvalue weighted by Crippen LogP contribution is 2.34. The van der Waals surface area contributed by atoms with Crippen LogP contribution in [0, 0.1) is 5.41 Å². The molecule has 1 aliphatic rings. The van der Waals surface area contributed by atoms with E-state index in [-0.39, 0.29) is 12.0 Å². The molecular weight excluding hydrogens is 272 g/mol. The van der Waals surface area contributed by atoms with E-state index in [1.54, 1.807) is 18.9 Å².